The quantitative estimate of drug-likeness (QED) is 0.721. The number of nitrogens with one attached hydrogen (secondary N) is 1. The van der Waals surface area contributed by atoms with Crippen LogP contribution < -0.4 is 5.32 Å². The van der Waals surface area contributed by atoms with Gasteiger partial charge < -0.3 is 5.32 Å². The van der Waals surface area contributed by atoms with E-state index in [1.807, 2.05) is 31.2 Å². The molecule has 2 heterocycles. The van der Waals surface area contributed by atoms with E-state index in [2.05, 4.69) is 26.3 Å². The maximum absolute atomic E-state index is 5.75. The molecule has 0 spiro atoms. The summed E-state index contributed by atoms with van der Waals surface area (Å²) >= 11 is 5.75. The zero-order valence-electron chi connectivity index (χ0n) is 10.3. The van der Waals surface area contributed by atoms with E-state index in [-0.39, 0.29) is 5.28 Å². The first-order chi connectivity index (χ1) is 9.20. The summed E-state index contributed by atoms with van der Waals surface area (Å²) in [5.41, 5.74) is 2.93. The third-order valence-electron chi connectivity index (χ3n) is 2.73. The van der Waals surface area contributed by atoms with E-state index in [4.69, 9.17) is 11.6 Å². The predicted octanol–water partition coefficient (Wildman–Crippen LogP) is 3.73. The summed E-state index contributed by atoms with van der Waals surface area (Å²) in [5, 5.41) is 4.49. The Hall–Kier alpha value is -2.20. The second-order valence-electron chi connectivity index (χ2n) is 4.20. The smallest absolute Gasteiger partial charge is 0.224 e. The Balaban J connectivity index is 1.95. The van der Waals surface area contributed by atoms with E-state index in [9.17, 15) is 0 Å². The third kappa shape index (κ3) is 2.63. The second kappa shape index (κ2) is 4.82. The number of aromatic nitrogens is 3. The summed E-state index contributed by atoms with van der Waals surface area (Å²) in [6.07, 6.45) is 1.61. The van der Waals surface area contributed by atoms with Gasteiger partial charge >= 0.3 is 0 Å². The lowest BCUT2D eigenvalue weighted by Gasteiger charge is -2.07. The fourth-order valence-electron chi connectivity index (χ4n) is 1.86. The Morgan fingerprint density at radius 3 is 2.79 bits per heavy atom. The molecule has 0 bridgehead atoms. The first kappa shape index (κ1) is 11.9. The number of hydrogen-bond acceptors (Lipinski definition) is 4. The molecule has 0 saturated carbocycles. The number of benzene rings is 1. The van der Waals surface area contributed by atoms with Crippen LogP contribution in [-0.2, 0) is 0 Å². The molecule has 3 rings (SSSR count). The number of halogens is 1. The van der Waals surface area contributed by atoms with Gasteiger partial charge in [-0.15, -0.1) is 0 Å². The molecule has 0 amide bonds. The molecule has 0 fully saturated rings. The van der Waals surface area contributed by atoms with Gasteiger partial charge in [0.1, 0.15) is 5.82 Å². The van der Waals surface area contributed by atoms with Gasteiger partial charge in [0.2, 0.25) is 5.28 Å². The molecule has 0 aliphatic heterocycles. The van der Waals surface area contributed by atoms with E-state index in [1.54, 1.807) is 12.3 Å². The molecule has 3 aromatic rings. The van der Waals surface area contributed by atoms with Crippen LogP contribution in [0.1, 0.15) is 5.69 Å². The first-order valence-corrected chi connectivity index (χ1v) is 6.21. The van der Waals surface area contributed by atoms with Crippen LogP contribution in [0, 0.1) is 6.92 Å². The van der Waals surface area contributed by atoms with E-state index in [1.165, 1.54) is 0 Å². The van der Waals surface area contributed by atoms with E-state index >= 15 is 0 Å². The Labute approximate surface area is 115 Å². The lowest BCUT2D eigenvalue weighted by Crippen LogP contribution is -1.94. The van der Waals surface area contributed by atoms with E-state index in [0.29, 0.717) is 5.82 Å². The lowest BCUT2D eigenvalue weighted by molar-refractivity contribution is 1.17. The highest BCUT2D eigenvalue weighted by Gasteiger charge is 2.00. The molecule has 0 aliphatic carbocycles. The number of hydrogen-bond donors (Lipinski definition) is 1. The predicted molar refractivity (Wildman–Crippen MR) is 76.8 cm³/mol. The van der Waals surface area contributed by atoms with Gasteiger partial charge in [-0.05, 0) is 48.9 Å². The summed E-state index contributed by atoms with van der Waals surface area (Å²) in [7, 11) is 0. The highest BCUT2D eigenvalue weighted by atomic mass is 35.5. The van der Waals surface area contributed by atoms with Gasteiger partial charge in [-0.25, -0.2) is 9.97 Å². The van der Waals surface area contributed by atoms with Gasteiger partial charge in [0.25, 0.3) is 0 Å². The van der Waals surface area contributed by atoms with E-state index < -0.39 is 0 Å². The Kier molecular flexibility index (Phi) is 3.01. The van der Waals surface area contributed by atoms with Crippen LogP contribution in [0.4, 0.5) is 11.5 Å². The minimum atomic E-state index is 0.225. The first-order valence-electron chi connectivity index (χ1n) is 5.84. The van der Waals surface area contributed by atoms with Crippen molar-refractivity contribution in [2.24, 2.45) is 0 Å². The molecule has 4 nitrogen and oxygen atoms in total. The van der Waals surface area contributed by atoms with Crippen molar-refractivity contribution in [1.82, 2.24) is 15.0 Å². The largest absolute Gasteiger partial charge is 0.340 e. The fourth-order valence-corrected chi connectivity index (χ4v) is 2.01. The van der Waals surface area contributed by atoms with Crippen molar-refractivity contribution in [2.75, 3.05) is 5.32 Å². The van der Waals surface area contributed by atoms with Crippen LogP contribution in [0.15, 0.2) is 42.6 Å². The van der Waals surface area contributed by atoms with Crippen LogP contribution in [0.5, 0.6) is 0 Å². The average molecular weight is 271 g/mol. The van der Waals surface area contributed by atoms with Gasteiger partial charge in [-0.2, -0.15) is 0 Å². The maximum atomic E-state index is 5.75. The van der Waals surface area contributed by atoms with E-state index in [0.717, 1.165) is 22.3 Å². The van der Waals surface area contributed by atoms with Crippen LogP contribution in [0.2, 0.25) is 5.28 Å². The molecule has 94 valence electrons. The standard InChI is InChI=1S/C14H11ClN4/c1-9-2-3-10-8-11(4-5-12(10)17-9)18-13-6-7-16-14(15)19-13/h2-8H,1H3,(H,16,18,19). The highest BCUT2D eigenvalue weighted by Crippen LogP contribution is 2.21. The number of pyridine rings is 1. The van der Waals surface area contributed by atoms with Crippen molar-refractivity contribution < 1.29 is 0 Å². The summed E-state index contributed by atoms with van der Waals surface area (Å²) < 4.78 is 0. The summed E-state index contributed by atoms with van der Waals surface area (Å²) in [6, 6.07) is 11.8. The third-order valence-corrected chi connectivity index (χ3v) is 2.91. The summed E-state index contributed by atoms with van der Waals surface area (Å²) in [5.74, 6) is 0.666. The normalized spacial score (nSPS) is 10.6. The number of anilines is 2. The number of aryl methyl sites for hydroxylation is 1. The zero-order valence-corrected chi connectivity index (χ0v) is 11.0. The SMILES string of the molecule is Cc1ccc2cc(Nc3ccnc(Cl)n3)ccc2n1. The average Bonchev–Trinajstić information content (AvgIpc) is 2.39. The molecule has 0 saturated heterocycles. The zero-order chi connectivity index (χ0) is 13.2. The van der Waals surface area contributed by atoms with Crippen molar-refractivity contribution in [3.05, 3.63) is 53.6 Å². The topological polar surface area (TPSA) is 50.7 Å². The molecule has 2 aromatic heterocycles. The van der Waals surface area contributed by atoms with Crippen LogP contribution in [0.25, 0.3) is 10.9 Å². The van der Waals surface area contributed by atoms with Crippen LogP contribution >= 0.6 is 11.6 Å². The van der Waals surface area contributed by atoms with Gasteiger partial charge in [-0.1, -0.05) is 6.07 Å². The molecule has 1 aromatic carbocycles. The molecule has 19 heavy (non-hydrogen) atoms. The maximum Gasteiger partial charge on any atom is 0.224 e. The molecule has 0 atom stereocenters. The minimum absolute atomic E-state index is 0.225. The lowest BCUT2D eigenvalue weighted by atomic mass is 10.2. The van der Waals surface area contributed by atoms with Crippen molar-refractivity contribution >= 4 is 34.0 Å². The van der Waals surface area contributed by atoms with Crippen molar-refractivity contribution in [1.29, 1.82) is 0 Å². The molecule has 0 aliphatic rings. The minimum Gasteiger partial charge on any atom is -0.340 e. The molecular formula is C14H11ClN4. The Bertz CT molecular complexity index is 742. The molecule has 0 unspecified atom stereocenters. The summed E-state index contributed by atoms with van der Waals surface area (Å²) in [4.78, 5) is 12.4. The molecule has 5 heteroatoms. The van der Waals surface area contributed by atoms with Gasteiger partial charge in [0.15, 0.2) is 0 Å². The molecule has 0 radical (unpaired) electrons. The number of rotatable bonds is 2. The second-order valence-corrected chi connectivity index (χ2v) is 4.53. The fraction of sp³-hybridized carbons (Fsp3) is 0.0714. The van der Waals surface area contributed by atoms with Gasteiger partial charge in [0.05, 0.1) is 5.52 Å². The highest BCUT2D eigenvalue weighted by molar-refractivity contribution is 6.28. The van der Waals surface area contributed by atoms with Crippen molar-refractivity contribution in [2.45, 2.75) is 6.92 Å². The summed E-state index contributed by atoms with van der Waals surface area (Å²) in [6.45, 7) is 1.98. The van der Waals surface area contributed by atoms with Crippen LogP contribution in [0.3, 0.4) is 0 Å². The number of nitrogens with zero attached hydrogens (tertiary/aromatic N) is 3. The van der Waals surface area contributed by atoms with Crippen molar-refractivity contribution in [3.63, 3.8) is 0 Å². The Morgan fingerprint density at radius 2 is 1.95 bits per heavy atom. The molecule has 1 N–H and O–H groups in total. The Morgan fingerprint density at radius 1 is 1.05 bits per heavy atom. The number of fused-ring (bicyclic) bond motifs is 1. The van der Waals surface area contributed by atoms with Crippen LogP contribution in [-0.4, -0.2) is 15.0 Å². The van der Waals surface area contributed by atoms with Crippen molar-refractivity contribution in [3.8, 4) is 0 Å². The van der Waals surface area contributed by atoms with Gasteiger partial charge in [-0.3, -0.25) is 4.98 Å². The van der Waals surface area contributed by atoms with Gasteiger partial charge in [0, 0.05) is 23.0 Å². The molecular weight excluding hydrogens is 260 g/mol. The monoisotopic (exact) mass is 270 g/mol.